The lowest BCUT2D eigenvalue weighted by molar-refractivity contribution is -0.128. The number of nitrogens with zero attached hydrogens (tertiary/aromatic N) is 4. The summed E-state index contributed by atoms with van der Waals surface area (Å²) in [6, 6.07) is 14.7. The standard InChI is InChI=1S/C23H23N5O3/c1-14-25-21(27-31-14)17-9-7-16(8-10-17)19(29)12-15-5-4-6-18(11-15)23(2)13-20(30)28(3)22(24)26-23/h4-11H,12-13H2,1-3H3,(H2,24,26). The lowest BCUT2D eigenvalue weighted by atomic mass is 9.86. The van der Waals surface area contributed by atoms with Crippen molar-refractivity contribution in [3.05, 3.63) is 71.1 Å². The van der Waals surface area contributed by atoms with E-state index >= 15 is 0 Å². The van der Waals surface area contributed by atoms with Gasteiger partial charge in [0, 0.05) is 31.5 Å². The first-order valence-corrected chi connectivity index (χ1v) is 9.90. The lowest BCUT2D eigenvalue weighted by Crippen LogP contribution is -2.47. The molecule has 8 nitrogen and oxygen atoms in total. The van der Waals surface area contributed by atoms with Crippen molar-refractivity contribution < 1.29 is 14.1 Å². The van der Waals surface area contributed by atoms with Crippen LogP contribution in [0.25, 0.3) is 11.4 Å². The van der Waals surface area contributed by atoms with Crippen LogP contribution in [0.15, 0.2) is 58.0 Å². The van der Waals surface area contributed by atoms with Crippen molar-refractivity contribution in [3.8, 4) is 11.4 Å². The number of Topliss-reactive ketones (excluding diaryl/α,β-unsaturated/α-hetero) is 1. The topological polar surface area (TPSA) is 115 Å². The number of carbonyl (C=O) groups is 2. The van der Waals surface area contributed by atoms with Crippen molar-refractivity contribution in [2.45, 2.75) is 32.2 Å². The predicted octanol–water partition coefficient (Wildman–Crippen LogP) is 2.86. The third kappa shape index (κ3) is 4.09. The molecule has 2 heterocycles. The molecular weight excluding hydrogens is 394 g/mol. The Kier molecular flexibility index (Phi) is 5.14. The summed E-state index contributed by atoms with van der Waals surface area (Å²) in [6.07, 6.45) is 0.455. The summed E-state index contributed by atoms with van der Waals surface area (Å²) in [4.78, 5) is 35.2. The van der Waals surface area contributed by atoms with E-state index in [2.05, 4.69) is 15.1 Å². The van der Waals surface area contributed by atoms with Gasteiger partial charge in [-0.25, -0.2) is 4.99 Å². The van der Waals surface area contributed by atoms with Crippen LogP contribution >= 0.6 is 0 Å². The number of benzene rings is 2. The fraction of sp³-hybridized carbons (Fsp3) is 0.261. The molecule has 1 atom stereocenters. The zero-order valence-electron chi connectivity index (χ0n) is 17.6. The highest BCUT2D eigenvalue weighted by Crippen LogP contribution is 2.33. The highest BCUT2D eigenvalue weighted by atomic mass is 16.5. The van der Waals surface area contributed by atoms with E-state index in [1.54, 1.807) is 38.2 Å². The van der Waals surface area contributed by atoms with Crippen molar-refractivity contribution in [1.29, 1.82) is 0 Å². The van der Waals surface area contributed by atoms with Gasteiger partial charge in [0.05, 0.1) is 12.0 Å². The van der Waals surface area contributed by atoms with Crippen molar-refractivity contribution in [3.63, 3.8) is 0 Å². The van der Waals surface area contributed by atoms with Crippen LogP contribution in [0.1, 0.15) is 40.7 Å². The second-order valence-corrected chi connectivity index (χ2v) is 7.89. The van der Waals surface area contributed by atoms with Gasteiger partial charge in [0.25, 0.3) is 0 Å². The number of hydrogen-bond donors (Lipinski definition) is 1. The average Bonchev–Trinajstić information content (AvgIpc) is 3.18. The third-order valence-electron chi connectivity index (χ3n) is 5.48. The number of rotatable bonds is 5. The maximum atomic E-state index is 12.8. The number of nitrogens with two attached hydrogens (primary N) is 1. The van der Waals surface area contributed by atoms with Crippen molar-refractivity contribution >= 4 is 17.6 Å². The van der Waals surface area contributed by atoms with E-state index in [-0.39, 0.29) is 30.5 Å². The zero-order chi connectivity index (χ0) is 22.2. The van der Waals surface area contributed by atoms with Gasteiger partial charge in [-0.3, -0.25) is 14.5 Å². The quantitative estimate of drug-likeness (QED) is 0.639. The molecule has 0 saturated heterocycles. The van der Waals surface area contributed by atoms with Gasteiger partial charge in [0.2, 0.25) is 17.6 Å². The number of amides is 1. The van der Waals surface area contributed by atoms with Gasteiger partial charge in [-0.15, -0.1) is 0 Å². The van der Waals surface area contributed by atoms with Crippen LogP contribution in [0.3, 0.4) is 0 Å². The van der Waals surface area contributed by atoms with E-state index < -0.39 is 5.54 Å². The molecule has 1 amide bonds. The summed E-state index contributed by atoms with van der Waals surface area (Å²) < 4.78 is 5.00. The summed E-state index contributed by atoms with van der Waals surface area (Å²) >= 11 is 0. The van der Waals surface area contributed by atoms with Crippen LogP contribution in [0.5, 0.6) is 0 Å². The Hall–Kier alpha value is -3.81. The molecule has 0 saturated carbocycles. The molecule has 0 aliphatic carbocycles. The lowest BCUT2D eigenvalue weighted by Gasteiger charge is -2.33. The Morgan fingerprint density at radius 2 is 1.97 bits per heavy atom. The summed E-state index contributed by atoms with van der Waals surface area (Å²) in [5.74, 6) is 1.07. The zero-order valence-corrected chi connectivity index (χ0v) is 17.6. The van der Waals surface area contributed by atoms with Crippen LogP contribution in [0.4, 0.5) is 0 Å². The monoisotopic (exact) mass is 417 g/mol. The van der Waals surface area contributed by atoms with Gasteiger partial charge in [-0.2, -0.15) is 4.98 Å². The van der Waals surface area contributed by atoms with Crippen LogP contribution in [-0.2, 0) is 16.8 Å². The highest BCUT2D eigenvalue weighted by molar-refractivity contribution is 5.99. The number of carbonyl (C=O) groups excluding carboxylic acids is 2. The SMILES string of the molecule is Cc1nc(-c2ccc(C(=O)Cc3cccc(C4(C)CC(=O)N(C)C(N)=N4)c3)cc2)no1. The molecule has 0 fully saturated rings. The Morgan fingerprint density at radius 1 is 1.23 bits per heavy atom. The van der Waals surface area contributed by atoms with Gasteiger partial charge in [-0.1, -0.05) is 53.7 Å². The normalized spacial score (nSPS) is 18.7. The number of aryl methyl sites for hydroxylation is 1. The average molecular weight is 417 g/mol. The van der Waals surface area contributed by atoms with Crippen molar-refractivity contribution in [2.75, 3.05) is 7.05 Å². The van der Waals surface area contributed by atoms with Crippen molar-refractivity contribution in [1.82, 2.24) is 15.0 Å². The molecule has 8 heteroatoms. The second-order valence-electron chi connectivity index (χ2n) is 7.89. The second kappa shape index (κ2) is 7.79. The van der Waals surface area contributed by atoms with Crippen LogP contribution in [0.2, 0.25) is 0 Å². The van der Waals surface area contributed by atoms with Crippen LogP contribution < -0.4 is 5.73 Å². The van der Waals surface area contributed by atoms with Crippen LogP contribution in [0, 0.1) is 6.92 Å². The molecule has 2 N–H and O–H groups in total. The molecule has 3 aromatic rings. The summed E-state index contributed by atoms with van der Waals surface area (Å²) in [5.41, 5.74) is 8.24. The van der Waals surface area contributed by atoms with Gasteiger partial charge in [0.1, 0.15) is 0 Å². The van der Waals surface area contributed by atoms with Gasteiger partial charge in [-0.05, 0) is 18.1 Å². The van der Waals surface area contributed by atoms with Gasteiger partial charge < -0.3 is 10.3 Å². The Balaban J connectivity index is 1.53. The molecule has 1 unspecified atom stereocenters. The van der Waals surface area contributed by atoms with Crippen LogP contribution in [-0.4, -0.2) is 39.7 Å². The van der Waals surface area contributed by atoms with Gasteiger partial charge >= 0.3 is 0 Å². The van der Waals surface area contributed by atoms with E-state index in [4.69, 9.17) is 10.3 Å². The van der Waals surface area contributed by atoms with E-state index in [0.717, 1.165) is 16.7 Å². The molecule has 1 aliphatic rings. The largest absolute Gasteiger partial charge is 0.369 e. The number of hydrogen-bond acceptors (Lipinski definition) is 7. The van der Waals surface area contributed by atoms with Gasteiger partial charge in [0.15, 0.2) is 11.7 Å². The fourth-order valence-corrected chi connectivity index (χ4v) is 3.60. The maximum absolute atomic E-state index is 12.8. The number of aliphatic imine (C=N–C) groups is 1. The third-order valence-corrected chi connectivity index (χ3v) is 5.48. The van der Waals surface area contributed by atoms with E-state index in [1.807, 2.05) is 31.2 Å². The van der Waals surface area contributed by atoms with Crippen molar-refractivity contribution in [2.24, 2.45) is 10.7 Å². The number of aromatic nitrogens is 2. The summed E-state index contributed by atoms with van der Waals surface area (Å²) in [5, 5.41) is 3.89. The van der Waals surface area contributed by atoms with E-state index in [9.17, 15) is 9.59 Å². The first-order valence-electron chi connectivity index (χ1n) is 9.90. The molecular formula is C23H23N5O3. The Bertz CT molecular complexity index is 1180. The Morgan fingerprint density at radius 3 is 2.61 bits per heavy atom. The first kappa shape index (κ1) is 20.5. The molecule has 0 spiro atoms. The molecule has 4 rings (SSSR count). The molecule has 0 bridgehead atoms. The minimum atomic E-state index is -0.753. The molecule has 158 valence electrons. The predicted molar refractivity (Wildman–Crippen MR) is 115 cm³/mol. The smallest absolute Gasteiger partial charge is 0.231 e. The van der Waals surface area contributed by atoms with E-state index in [0.29, 0.717) is 17.3 Å². The fourth-order valence-electron chi connectivity index (χ4n) is 3.60. The molecule has 1 aromatic heterocycles. The molecule has 2 aromatic carbocycles. The number of guanidine groups is 1. The Labute approximate surface area is 179 Å². The summed E-state index contributed by atoms with van der Waals surface area (Å²) in [6.45, 7) is 3.61. The summed E-state index contributed by atoms with van der Waals surface area (Å²) in [7, 11) is 1.61. The minimum Gasteiger partial charge on any atom is -0.369 e. The minimum absolute atomic E-state index is 0.0133. The number of ketones is 1. The van der Waals surface area contributed by atoms with E-state index in [1.165, 1.54) is 4.90 Å². The highest BCUT2D eigenvalue weighted by Gasteiger charge is 2.36. The molecule has 1 aliphatic heterocycles. The molecule has 31 heavy (non-hydrogen) atoms. The first-order chi connectivity index (χ1) is 14.7. The molecule has 0 radical (unpaired) electrons. The maximum Gasteiger partial charge on any atom is 0.231 e.